The summed E-state index contributed by atoms with van der Waals surface area (Å²) >= 11 is 3.29. The van der Waals surface area contributed by atoms with Crippen molar-refractivity contribution in [1.82, 2.24) is 4.90 Å². The van der Waals surface area contributed by atoms with Crippen molar-refractivity contribution in [2.24, 2.45) is 0 Å². The molecule has 2 aromatic carbocycles. The highest BCUT2D eigenvalue weighted by atomic mass is 32.2. The number of benzene rings is 2. The van der Waals surface area contributed by atoms with Gasteiger partial charge in [0.1, 0.15) is 0 Å². The normalized spacial score (nSPS) is 15.6. The fourth-order valence-electron chi connectivity index (χ4n) is 3.91. The largest absolute Gasteiger partial charge is 0.493 e. The molecule has 4 rings (SSSR count). The summed E-state index contributed by atoms with van der Waals surface area (Å²) in [7, 11) is 3.30. The van der Waals surface area contributed by atoms with Crippen molar-refractivity contribution in [3.8, 4) is 11.5 Å². The predicted molar refractivity (Wildman–Crippen MR) is 123 cm³/mol. The first-order chi connectivity index (χ1) is 14.6. The zero-order valence-electron chi connectivity index (χ0n) is 17.4. The summed E-state index contributed by atoms with van der Waals surface area (Å²) < 4.78 is 11.0. The van der Waals surface area contributed by atoms with E-state index in [1.54, 1.807) is 37.3 Å². The maximum atomic E-state index is 13.3. The number of carbonyl (C=O) groups excluding carboxylic acids is 1. The topological polar surface area (TPSA) is 38.8 Å². The summed E-state index contributed by atoms with van der Waals surface area (Å²) in [5.41, 5.74) is 3.53. The summed E-state index contributed by atoms with van der Waals surface area (Å²) in [5.74, 6) is 2.01. The third-order valence-corrected chi connectivity index (χ3v) is 7.54. The fraction of sp³-hybridized carbons (Fsp3) is 0.292. The van der Waals surface area contributed by atoms with Crippen molar-refractivity contribution < 1.29 is 14.3 Å². The van der Waals surface area contributed by atoms with Crippen molar-refractivity contribution in [3.05, 3.63) is 75.5 Å². The van der Waals surface area contributed by atoms with Crippen LogP contribution in [0.5, 0.6) is 11.5 Å². The van der Waals surface area contributed by atoms with Crippen molar-refractivity contribution in [2.75, 3.05) is 26.5 Å². The van der Waals surface area contributed by atoms with E-state index >= 15 is 0 Å². The molecule has 0 N–H and O–H groups in total. The monoisotopic (exact) mass is 439 g/mol. The van der Waals surface area contributed by atoms with Crippen LogP contribution in [0.3, 0.4) is 0 Å². The maximum Gasteiger partial charge on any atom is 0.233 e. The summed E-state index contributed by atoms with van der Waals surface area (Å²) in [4.78, 5) is 17.7. The molecule has 2 heterocycles. The average Bonchev–Trinajstić information content (AvgIpc) is 3.31. The Hall–Kier alpha value is -2.44. The predicted octanol–water partition coefficient (Wildman–Crippen LogP) is 5.34. The third kappa shape index (κ3) is 4.07. The Morgan fingerprint density at radius 3 is 2.60 bits per heavy atom. The van der Waals surface area contributed by atoms with E-state index in [-0.39, 0.29) is 11.9 Å². The number of rotatable bonds is 6. The van der Waals surface area contributed by atoms with Crippen molar-refractivity contribution in [1.29, 1.82) is 0 Å². The highest BCUT2D eigenvalue weighted by Crippen LogP contribution is 2.42. The molecule has 0 aliphatic carbocycles. The van der Waals surface area contributed by atoms with E-state index < -0.39 is 0 Å². The van der Waals surface area contributed by atoms with Gasteiger partial charge in [0.05, 0.1) is 26.0 Å². The zero-order valence-corrected chi connectivity index (χ0v) is 19.0. The van der Waals surface area contributed by atoms with Crippen LogP contribution >= 0.6 is 23.1 Å². The molecule has 1 aliphatic rings. The van der Waals surface area contributed by atoms with Gasteiger partial charge in [0.15, 0.2) is 11.5 Å². The molecule has 0 unspecified atom stereocenters. The second-order valence-corrected chi connectivity index (χ2v) is 9.21. The van der Waals surface area contributed by atoms with Crippen LogP contribution in [0.4, 0.5) is 0 Å². The number of hydrogen-bond acceptors (Lipinski definition) is 5. The minimum atomic E-state index is -0.0986. The lowest BCUT2D eigenvalue weighted by Crippen LogP contribution is -2.41. The first kappa shape index (κ1) is 20.8. The second kappa shape index (κ2) is 9.14. The summed E-state index contributed by atoms with van der Waals surface area (Å²) in [6.45, 7) is 2.77. The van der Waals surface area contributed by atoms with Gasteiger partial charge in [0.25, 0.3) is 0 Å². The first-order valence-corrected chi connectivity index (χ1v) is 11.7. The molecule has 1 atom stereocenters. The maximum absolute atomic E-state index is 13.3. The Morgan fingerprint density at radius 2 is 1.90 bits per heavy atom. The number of amides is 1. The molecule has 156 valence electrons. The second-order valence-electron chi connectivity index (χ2n) is 7.22. The number of aryl methyl sites for hydroxylation is 1. The standard InChI is InChI=1S/C24H25NO3S2/c1-16-7-4-5-8-21(16)30-15-23(26)25-11-10-17-13-19(27-2)20(28-3)14-18(17)24(25)22-9-6-12-29-22/h4-9,12-14,24H,10-11,15H2,1-3H3/t24-/m0/s1. The Kier molecular flexibility index (Phi) is 6.35. The number of fused-ring (bicyclic) bond motifs is 1. The van der Waals surface area contributed by atoms with Gasteiger partial charge in [-0.25, -0.2) is 0 Å². The molecule has 0 saturated heterocycles. The van der Waals surface area contributed by atoms with Crippen LogP contribution in [0.1, 0.15) is 27.6 Å². The van der Waals surface area contributed by atoms with Gasteiger partial charge in [-0.1, -0.05) is 24.3 Å². The molecule has 30 heavy (non-hydrogen) atoms. The lowest BCUT2D eigenvalue weighted by atomic mass is 9.91. The molecule has 3 aromatic rings. The van der Waals surface area contributed by atoms with Gasteiger partial charge in [0, 0.05) is 16.3 Å². The molecule has 0 bridgehead atoms. The van der Waals surface area contributed by atoms with E-state index in [9.17, 15) is 4.79 Å². The van der Waals surface area contributed by atoms with E-state index in [1.807, 2.05) is 29.2 Å². The van der Waals surface area contributed by atoms with Crippen LogP contribution < -0.4 is 9.47 Å². The lowest BCUT2D eigenvalue weighted by Gasteiger charge is -2.37. The number of ether oxygens (including phenoxy) is 2. The van der Waals surface area contributed by atoms with Crippen LogP contribution in [-0.2, 0) is 11.2 Å². The smallest absolute Gasteiger partial charge is 0.233 e. The molecule has 0 radical (unpaired) electrons. The van der Waals surface area contributed by atoms with Gasteiger partial charge in [-0.05, 0) is 59.7 Å². The minimum absolute atomic E-state index is 0.0986. The highest BCUT2D eigenvalue weighted by molar-refractivity contribution is 8.00. The Balaban J connectivity index is 1.65. The number of thioether (sulfide) groups is 1. The van der Waals surface area contributed by atoms with Gasteiger partial charge >= 0.3 is 0 Å². The Morgan fingerprint density at radius 1 is 1.13 bits per heavy atom. The number of thiophene rings is 1. The van der Waals surface area contributed by atoms with Gasteiger partial charge < -0.3 is 14.4 Å². The van der Waals surface area contributed by atoms with E-state index in [4.69, 9.17) is 9.47 Å². The molecule has 0 spiro atoms. The van der Waals surface area contributed by atoms with Gasteiger partial charge in [-0.3, -0.25) is 4.79 Å². The molecular formula is C24H25NO3S2. The van der Waals surface area contributed by atoms with Crippen molar-refractivity contribution in [2.45, 2.75) is 24.3 Å². The Labute approximate surface area is 185 Å². The van der Waals surface area contributed by atoms with Gasteiger partial charge in [-0.2, -0.15) is 0 Å². The van der Waals surface area contributed by atoms with Crippen molar-refractivity contribution in [3.63, 3.8) is 0 Å². The van der Waals surface area contributed by atoms with Crippen LogP contribution in [0.2, 0.25) is 0 Å². The number of hydrogen-bond donors (Lipinski definition) is 0. The molecular weight excluding hydrogens is 414 g/mol. The zero-order chi connectivity index (χ0) is 21.1. The highest BCUT2D eigenvalue weighted by Gasteiger charge is 2.33. The number of carbonyl (C=O) groups is 1. The SMILES string of the molecule is COc1cc2c(cc1OC)[C@@H](c1cccs1)N(C(=O)CSc1ccccc1C)CC2. The van der Waals surface area contributed by atoms with Crippen molar-refractivity contribution >= 4 is 29.0 Å². The number of methoxy groups -OCH3 is 2. The van der Waals surface area contributed by atoms with E-state index in [0.29, 0.717) is 18.0 Å². The third-order valence-electron chi connectivity index (χ3n) is 5.45. The quantitative estimate of drug-likeness (QED) is 0.486. The molecule has 0 saturated carbocycles. The summed E-state index contributed by atoms with van der Waals surface area (Å²) in [6.07, 6.45) is 0.804. The average molecular weight is 440 g/mol. The first-order valence-electron chi connectivity index (χ1n) is 9.88. The van der Waals surface area contributed by atoms with Crippen LogP contribution in [0.15, 0.2) is 58.8 Å². The van der Waals surface area contributed by atoms with E-state index in [0.717, 1.165) is 27.5 Å². The summed E-state index contributed by atoms with van der Waals surface area (Å²) in [5, 5.41) is 2.06. The lowest BCUT2D eigenvalue weighted by molar-refractivity contribution is -0.130. The molecule has 4 nitrogen and oxygen atoms in total. The minimum Gasteiger partial charge on any atom is -0.493 e. The van der Waals surface area contributed by atoms with Crippen LogP contribution in [0, 0.1) is 6.92 Å². The van der Waals surface area contributed by atoms with E-state index in [2.05, 4.69) is 36.6 Å². The Bertz CT molecular complexity index is 1030. The molecule has 6 heteroatoms. The van der Waals surface area contributed by atoms with Gasteiger partial charge in [0.2, 0.25) is 5.91 Å². The molecule has 0 fully saturated rings. The van der Waals surface area contributed by atoms with E-state index in [1.165, 1.54) is 11.1 Å². The fourth-order valence-corrected chi connectivity index (χ4v) is 5.68. The molecule has 1 aromatic heterocycles. The van der Waals surface area contributed by atoms with Gasteiger partial charge in [-0.15, -0.1) is 23.1 Å². The summed E-state index contributed by atoms with van der Waals surface area (Å²) in [6, 6.07) is 16.3. The molecule has 1 aliphatic heterocycles. The molecule has 1 amide bonds. The van der Waals surface area contributed by atoms with Crippen LogP contribution in [0.25, 0.3) is 0 Å². The van der Waals surface area contributed by atoms with Crippen LogP contribution in [-0.4, -0.2) is 37.3 Å². The number of nitrogens with zero attached hydrogens (tertiary/aromatic N) is 1.